The van der Waals surface area contributed by atoms with E-state index in [1.807, 2.05) is 0 Å². The largest absolute Gasteiger partial charge is 0.417 e. The van der Waals surface area contributed by atoms with Crippen molar-refractivity contribution in [1.29, 1.82) is 0 Å². The van der Waals surface area contributed by atoms with Crippen LogP contribution in [-0.4, -0.2) is 15.8 Å². The van der Waals surface area contributed by atoms with Crippen LogP contribution in [0.2, 0.25) is 0 Å². The van der Waals surface area contributed by atoms with E-state index in [4.69, 9.17) is 4.42 Å². The predicted molar refractivity (Wildman–Crippen MR) is 75.8 cm³/mol. The summed E-state index contributed by atoms with van der Waals surface area (Å²) in [4.78, 5) is 35.8. The van der Waals surface area contributed by atoms with E-state index >= 15 is 0 Å². The molecule has 21 heavy (non-hydrogen) atoms. The summed E-state index contributed by atoms with van der Waals surface area (Å²) in [5.41, 5.74) is 0.353. The molecule has 1 aromatic carbocycles. The molecule has 0 bridgehead atoms. The molecule has 0 radical (unpaired) electrons. The highest BCUT2D eigenvalue weighted by Gasteiger charge is 2.20. The number of nitro groups is 1. The number of carbonyl (C=O) groups excluding carboxylic acids is 1. The zero-order chi connectivity index (χ0) is 15.0. The number of nitro benzene ring substituents is 1. The van der Waals surface area contributed by atoms with Crippen molar-refractivity contribution in [3.8, 4) is 0 Å². The maximum atomic E-state index is 12.0. The van der Waals surface area contributed by atoms with Gasteiger partial charge in [-0.3, -0.25) is 19.9 Å². The number of oxazole rings is 1. The molecule has 3 rings (SSSR count). The average Bonchev–Trinajstić information content (AvgIpc) is 3.05. The number of H-pyrrole nitrogens is 1. The van der Waals surface area contributed by atoms with Crippen LogP contribution in [0.5, 0.6) is 0 Å². The molecule has 3 aromatic rings. The topological polar surface area (TPSA) is 118 Å². The van der Waals surface area contributed by atoms with Crippen LogP contribution in [0.3, 0.4) is 0 Å². The minimum atomic E-state index is -0.722. The molecule has 1 amide bonds. The quantitative estimate of drug-likeness (QED) is 0.568. The number of aromatic amines is 1. The number of rotatable bonds is 3. The number of amides is 1. The molecule has 0 spiro atoms. The molecule has 106 valence electrons. The van der Waals surface area contributed by atoms with Gasteiger partial charge >= 0.3 is 5.76 Å². The van der Waals surface area contributed by atoms with Crippen molar-refractivity contribution >= 4 is 39.7 Å². The number of hydrogen-bond donors (Lipinski definition) is 2. The second kappa shape index (κ2) is 4.87. The number of nitrogens with zero attached hydrogens (tertiary/aromatic N) is 1. The lowest BCUT2D eigenvalue weighted by molar-refractivity contribution is -0.383. The fourth-order valence-corrected chi connectivity index (χ4v) is 2.46. The van der Waals surface area contributed by atoms with Gasteiger partial charge < -0.3 is 9.73 Å². The van der Waals surface area contributed by atoms with Crippen molar-refractivity contribution in [2.24, 2.45) is 0 Å². The number of aromatic nitrogens is 1. The first-order chi connectivity index (χ1) is 10.0. The summed E-state index contributed by atoms with van der Waals surface area (Å²) in [7, 11) is 0. The van der Waals surface area contributed by atoms with Gasteiger partial charge in [0, 0.05) is 17.5 Å². The Bertz CT molecular complexity index is 893. The monoisotopic (exact) mass is 305 g/mol. The van der Waals surface area contributed by atoms with Crippen molar-refractivity contribution in [3.05, 3.63) is 55.2 Å². The fraction of sp³-hybridized carbons (Fsp3) is 0. The van der Waals surface area contributed by atoms with Crippen molar-refractivity contribution in [3.63, 3.8) is 0 Å². The Labute approximate surface area is 120 Å². The highest BCUT2D eigenvalue weighted by atomic mass is 32.1. The Hall–Kier alpha value is -2.94. The normalized spacial score (nSPS) is 10.7. The lowest BCUT2D eigenvalue weighted by Crippen LogP contribution is -2.12. The predicted octanol–water partition coefficient (Wildman–Crippen LogP) is 2.34. The van der Waals surface area contributed by atoms with Gasteiger partial charge in [-0.25, -0.2) is 4.79 Å². The van der Waals surface area contributed by atoms with E-state index in [1.54, 1.807) is 16.8 Å². The summed E-state index contributed by atoms with van der Waals surface area (Å²) in [6, 6.07) is 3.99. The summed E-state index contributed by atoms with van der Waals surface area (Å²) < 4.78 is 4.83. The zero-order valence-corrected chi connectivity index (χ0v) is 11.1. The lowest BCUT2D eigenvalue weighted by Gasteiger charge is -2.04. The molecule has 0 saturated heterocycles. The average molecular weight is 305 g/mol. The summed E-state index contributed by atoms with van der Waals surface area (Å²) in [5, 5.41) is 16.9. The molecule has 0 aliphatic rings. The van der Waals surface area contributed by atoms with Crippen molar-refractivity contribution < 1.29 is 14.1 Å². The van der Waals surface area contributed by atoms with E-state index in [-0.39, 0.29) is 22.5 Å². The molecule has 0 aliphatic carbocycles. The summed E-state index contributed by atoms with van der Waals surface area (Å²) in [5.74, 6) is -1.20. The zero-order valence-electron chi connectivity index (χ0n) is 10.3. The van der Waals surface area contributed by atoms with Crippen molar-refractivity contribution in [2.75, 3.05) is 5.32 Å². The number of carbonyl (C=O) groups is 1. The Kier molecular flexibility index (Phi) is 3.03. The van der Waals surface area contributed by atoms with E-state index in [2.05, 4.69) is 10.3 Å². The molecular formula is C12H7N3O5S. The number of hydrogen-bond acceptors (Lipinski definition) is 6. The van der Waals surface area contributed by atoms with Crippen LogP contribution in [0, 0.1) is 10.1 Å². The first-order valence-electron chi connectivity index (χ1n) is 5.69. The molecule has 0 saturated carbocycles. The first kappa shape index (κ1) is 13.1. The number of benzene rings is 1. The van der Waals surface area contributed by atoms with Gasteiger partial charge in [0.2, 0.25) is 0 Å². The van der Waals surface area contributed by atoms with Crippen LogP contribution in [0.15, 0.2) is 38.2 Å². The summed E-state index contributed by atoms with van der Waals surface area (Å²) in [6.07, 6.45) is 0. The molecule has 8 nitrogen and oxygen atoms in total. The van der Waals surface area contributed by atoms with Gasteiger partial charge in [0.15, 0.2) is 5.58 Å². The number of thiophene rings is 1. The highest BCUT2D eigenvalue weighted by Crippen LogP contribution is 2.29. The van der Waals surface area contributed by atoms with Crippen LogP contribution in [0.4, 0.5) is 11.4 Å². The van der Waals surface area contributed by atoms with Gasteiger partial charge in [-0.2, -0.15) is 11.3 Å². The number of fused-ring (bicyclic) bond motifs is 1. The smallest absolute Gasteiger partial charge is 0.408 e. The molecule has 0 atom stereocenters. The second-order valence-corrected chi connectivity index (χ2v) is 4.88. The maximum absolute atomic E-state index is 12.0. The second-order valence-electron chi connectivity index (χ2n) is 4.10. The van der Waals surface area contributed by atoms with E-state index in [9.17, 15) is 19.7 Å². The summed E-state index contributed by atoms with van der Waals surface area (Å²) in [6.45, 7) is 0. The van der Waals surface area contributed by atoms with E-state index in [0.717, 1.165) is 6.07 Å². The van der Waals surface area contributed by atoms with Crippen molar-refractivity contribution in [2.45, 2.75) is 0 Å². The van der Waals surface area contributed by atoms with Gasteiger partial charge in [-0.15, -0.1) is 0 Å². The third-order valence-electron chi connectivity index (χ3n) is 2.77. The Balaban J connectivity index is 2.07. The van der Waals surface area contributed by atoms with E-state index in [0.29, 0.717) is 5.56 Å². The molecule has 2 aromatic heterocycles. The van der Waals surface area contributed by atoms with Gasteiger partial charge in [-0.1, -0.05) is 0 Å². The minimum absolute atomic E-state index is 0.0357. The standard InChI is InChI=1S/C12H7N3O5S/c16-11(6-1-2-21-5-6)13-7-4-10-8(14-12(17)20-10)3-9(7)15(18)19/h1-5H,(H,13,16)(H,14,17). The Morgan fingerprint density at radius 3 is 2.90 bits per heavy atom. The van der Waals surface area contributed by atoms with Gasteiger partial charge in [0.25, 0.3) is 11.6 Å². The molecule has 0 fully saturated rings. The summed E-state index contributed by atoms with van der Waals surface area (Å²) >= 11 is 1.34. The highest BCUT2D eigenvalue weighted by molar-refractivity contribution is 7.08. The van der Waals surface area contributed by atoms with Crippen LogP contribution in [0.25, 0.3) is 11.1 Å². The maximum Gasteiger partial charge on any atom is 0.417 e. The van der Waals surface area contributed by atoms with E-state index in [1.165, 1.54) is 17.4 Å². The Morgan fingerprint density at radius 2 is 2.24 bits per heavy atom. The third kappa shape index (κ3) is 2.41. The Morgan fingerprint density at radius 1 is 1.43 bits per heavy atom. The van der Waals surface area contributed by atoms with Crippen LogP contribution >= 0.6 is 11.3 Å². The van der Waals surface area contributed by atoms with Gasteiger partial charge in [-0.05, 0) is 11.4 Å². The number of nitrogens with one attached hydrogen (secondary N) is 2. The minimum Gasteiger partial charge on any atom is -0.408 e. The molecule has 0 aliphatic heterocycles. The van der Waals surface area contributed by atoms with Gasteiger partial charge in [0.1, 0.15) is 5.69 Å². The molecule has 9 heteroatoms. The van der Waals surface area contributed by atoms with Crippen LogP contribution in [-0.2, 0) is 0 Å². The fourth-order valence-electron chi connectivity index (χ4n) is 1.83. The first-order valence-corrected chi connectivity index (χ1v) is 6.63. The third-order valence-corrected chi connectivity index (χ3v) is 3.45. The molecule has 2 heterocycles. The lowest BCUT2D eigenvalue weighted by atomic mass is 10.2. The van der Waals surface area contributed by atoms with Gasteiger partial charge in [0.05, 0.1) is 16.0 Å². The SMILES string of the molecule is O=C(Nc1cc2oc(=O)[nH]c2cc1[N+](=O)[O-])c1ccsc1. The van der Waals surface area contributed by atoms with E-state index < -0.39 is 16.6 Å². The molecular weight excluding hydrogens is 298 g/mol. The molecule has 2 N–H and O–H groups in total. The van der Waals surface area contributed by atoms with Crippen molar-refractivity contribution in [1.82, 2.24) is 4.98 Å². The van der Waals surface area contributed by atoms with Crippen LogP contribution < -0.4 is 11.1 Å². The molecule has 0 unspecified atom stereocenters. The number of anilines is 1. The van der Waals surface area contributed by atoms with Crippen LogP contribution in [0.1, 0.15) is 10.4 Å².